The van der Waals surface area contributed by atoms with E-state index in [-0.39, 0.29) is 0 Å². The summed E-state index contributed by atoms with van der Waals surface area (Å²) in [7, 11) is 0. The molecule has 4 heteroatoms. The molecule has 2 fully saturated rings. The number of nitrogens with one attached hydrogen (secondary N) is 1. The molecule has 0 aromatic carbocycles. The molecule has 2 unspecified atom stereocenters. The first-order valence-electron chi connectivity index (χ1n) is 7.50. The molecule has 1 N–H and O–H groups in total. The van der Waals surface area contributed by atoms with Gasteiger partial charge < -0.3 is 9.88 Å². The van der Waals surface area contributed by atoms with Crippen molar-refractivity contribution in [3.05, 3.63) is 18.2 Å². The lowest BCUT2D eigenvalue weighted by Gasteiger charge is -2.36. The number of nitrogens with zero attached hydrogens (tertiary/aromatic N) is 2. The fourth-order valence-electron chi connectivity index (χ4n) is 3.77. The highest BCUT2D eigenvalue weighted by atomic mass is 32.2. The Morgan fingerprint density at radius 3 is 2.89 bits per heavy atom. The van der Waals surface area contributed by atoms with E-state index in [1.54, 1.807) is 0 Å². The molecule has 1 aromatic heterocycles. The fourth-order valence-corrected chi connectivity index (χ4v) is 4.75. The molecule has 2 aliphatic rings. The smallest absolute Gasteiger partial charge is 0.0951 e. The summed E-state index contributed by atoms with van der Waals surface area (Å²) >= 11 is 2.03. The van der Waals surface area contributed by atoms with Gasteiger partial charge in [-0.15, -0.1) is 0 Å². The van der Waals surface area contributed by atoms with Crippen LogP contribution in [0.15, 0.2) is 12.5 Å². The van der Waals surface area contributed by atoms with Crippen LogP contribution in [-0.4, -0.2) is 34.1 Å². The van der Waals surface area contributed by atoms with Gasteiger partial charge in [0.05, 0.1) is 6.33 Å². The number of aromatic nitrogens is 2. The van der Waals surface area contributed by atoms with Crippen molar-refractivity contribution >= 4 is 11.8 Å². The Balaban J connectivity index is 1.89. The third-order valence-corrected chi connectivity index (χ3v) is 6.22. The molecule has 1 saturated carbocycles. The molecule has 106 valence electrons. The minimum absolute atomic E-state index is 0.313. The maximum atomic E-state index is 4.49. The Bertz CT molecular complexity index is 423. The highest BCUT2D eigenvalue weighted by molar-refractivity contribution is 7.99. The van der Waals surface area contributed by atoms with Crippen molar-refractivity contribution in [1.82, 2.24) is 14.9 Å². The van der Waals surface area contributed by atoms with Crippen molar-refractivity contribution in [3.8, 4) is 0 Å². The lowest BCUT2D eigenvalue weighted by molar-refractivity contribution is 0.308. The van der Waals surface area contributed by atoms with Crippen LogP contribution in [-0.2, 0) is 5.41 Å². The first-order valence-corrected chi connectivity index (χ1v) is 8.79. The summed E-state index contributed by atoms with van der Waals surface area (Å²) < 4.78 is 2.51. The van der Waals surface area contributed by atoms with Crippen LogP contribution >= 0.6 is 11.8 Å². The lowest BCUT2D eigenvalue weighted by Crippen LogP contribution is -2.39. The zero-order chi connectivity index (χ0) is 13.3. The second-order valence-corrected chi connectivity index (χ2v) is 7.35. The molecule has 3 rings (SSSR count). The van der Waals surface area contributed by atoms with Gasteiger partial charge in [-0.2, -0.15) is 11.8 Å². The van der Waals surface area contributed by atoms with Crippen LogP contribution in [0.1, 0.15) is 50.8 Å². The second kappa shape index (κ2) is 5.49. The van der Waals surface area contributed by atoms with Gasteiger partial charge in [-0.1, -0.05) is 13.3 Å². The van der Waals surface area contributed by atoms with Crippen LogP contribution in [0.4, 0.5) is 0 Å². The predicted molar refractivity (Wildman–Crippen MR) is 81.9 cm³/mol. The normalized spacial score (nSPS) is 30.6. The summed E-state index contributed by atoms with van der Waals surface area (Å²) in [5.74, 6) is 0. The molecule has 0 radical (unpaired) electrons. The maximum Gasteiger partial charge on any atom is 0.0951 e. The van der Waals surface area contributed by atoms with E-state index in [2.05, 4.69) is 40.6 Å². The minimum Gasteiger partial charge on any atom is -0.330 e. The molecule has 0 amide bonds. The van der Waals surface area contributed by atoms with E-state index < -0.39 is 0 Å². The molecule has 1 aliphatic heterocycles. The van der Waals surface area contributed by atoms with Gasteiger partial charge in [-0.05, 0) is 45.0 Å². The van der Waals surface area contributed by atoms with Crippen molar-refractivity contribution in [2.24, 2.45) is 0 Å². The third kappa shape index (κ3) is 2.45. The monoisotopic (exact) mass is 279 g/mol. The van der Waals surface area contributed by atoms with Gasteiger partial charge in [0.1, 0.15) is 0 Å². The lowest BCUT2D eigenvalue weighted by atomic mass is 9.78. The Kier molecular flexibility index (Phi) is 3.90. The summed E-state index contributed by atoms with van der Waals surface area (Å²) in [5.41, 5.74) is 1.78. The standard InChI is InChI=1S/C15H25N3S/c1-15(6-8-16-9-7-15)14-10-17-11-18(14)12-4-3-5-13(12)19-2/h10-13,16H,3-9H2,1-2H3. The molecular formula is C15H25N3S. The number of piperidine rings is 1. The molecule has 1 aromatic rings. The molecule has 2 atom stereocenters. The molecule has 0 bridgehead atoms. The summed E-state index contributed by atoms with van der Waals surface area (Å²) in [6.07, 6.45) is 13.0. The van der Waals surface area contributed by atoms with Gasteiger partial charge in [0.15, 0.2) is 0 Å². The van der Waals surface area contributed by atoms with Crippen LogP contribution < -0.4 is 5.32 Å². The summed E-state index contributed by atoms with van der Waals surface area (Å²) in [6.45, 7) is 4.70. The van der Waals surface area contributed by atoms with Crippen LogP contribution in [0.25, 0.3) is 0 Å². The second-order valence-electron chi connectivity index (χ2n) is 6.27. The average Bonchev–Trinajstić information content (AvgIpc) is 3.08. The quantitative estimate of drug-likeness (QED) is 0.922. The summed E-state index contributed by atoms with van der Waals surface area (Å²) in [5, 5.41) is 4.25. The summed E-state index contributed by atoms with van der Waals surface area (Å²) in [4.78, 5) is 4.49. The van der Waals surface area contributed by atoms with Crippen LogP contribution in [0.2, 0.25) is 0 Å². The molecular weight excluding hydrogens is 254 g/mol. The molecule has 1 aliphatic carbocycles. The van der Waals surface area contributed by atoms with Gasteiger partial charge in [0.2, 0.25) is 0 Å². The third-order valence-electron chi connectivity index (χ3n) is 5.07. The van der Waals surface area contributed by atoms with Crippen molar-refractivity contribution in [2.75, 3.05) is 19.3 Å². The number of imidazole rings is 1. The number of rotatable bonds is 3. The largest absolute Gasteiger partial charge is 0.330 e. The highest BCUT2D eigenvalue weighted by Gasteiger charge is 2.36. The minimum atomic E-state index is 0.313. The number of thioether (sulfide) groups is 1. The Morgan fingerprint density at radius 2 is 2.16 bits per heavy atom. The topological polar surface area (TPSA) is 29.9 Å². The zero-order valence-corrected chi connectivity index (χ0v) is 12.9. The van der Waals surface area contributed by atoms with E-state index in [9.17, 15) is 0 Å². The molecule has 1 saturated heterocycles. The van der Waals surface area contributed by atoms with Gasteiger partial charge in [0, 0.05) is 28.6 Å². The Morgan fingerprint density at radius 1 is 1.37 bits per heavy atom. The Hall–Kier alpha value is -0.480. The fraction of sp³-hybridized carbons (Fsp3) is 0.800. The van der Waals surface area contributed by atoms with Gasteiger partial charge in [-0.3, -0.25) is 0 Å². The van der Waals surface area contributed by atoms with Crippen molar-refractivity contribution in [2.45, 2.75) is 55.7 Å². The first-order chi connectivity index (χ1) is 9.24. The van der Waals surface area contributed by atoms with Crippen LogP contribution in [0.5, 0.6) is 0 Å². The van der Waals surface area contributed by atoms with Gasteiger partial charge >= 0.3 is 0 Å². The highest BCUT2D eigenvalue weighted by Crippen LogP contribution is 2.41. The van der Waals surface area contributed by atoms with E-state index in [0.29, 0.717) is 11.5 Å². The van der Waals surface area contributed by atoms with Crippen LogP contribution in [0.3, 0.4) is 0 Å². The van der Waals surface area contributed by atoms with E-state index in [1.165, 1.54) is 37.8 Å². The average molecular weight is 279 g/mol. The van der Waals surface area contributed by atoms with Crippen molar-refractivity contribution in [3.63, 3.8) is 0 Å². The van der Waals surface area contributed by atoms with Gasteiger partial charge in [-0.25, -0.2) is 4.98 Å². The SMILES string of the molecule is CSC1CCCC1n1cncc1C1(C)CCNCC1. The van der Waals surface area contributed by atoms with E-state index >= 15 is 0 Å². The zero-order valence-electron chi connectivity index (χ0n) is 12.1. The molecule has 3 nitrogen and oxygen atoms in total. The first kappa shape index (κ1) is 13.5. The van der Waals surface area contributed by atoms with E-state index in [0.717, 1.165) is 18.3 Å². The molecule has 19 heavy (non-hydrogen) atoms. The van der Waals surface area contributed by atoms with E-state index in [4.69, 9.17) is 0 Å². The molecule has 2 heterocycles. The number of hydrogen-bond acceptors (Lipinski definition) is 3. The van der Waals surface area contributed by atoms with Crippen LogP contribution in [0, 0.1) is 0 Å². The summed E-state index contributed by atoms with van der Waals surface area (Å²) in [6, 6.07) is 0.666. The van der Waals surface area contributed by atoms with E-state index in [1.807, 2.05) is 11.8 Å². The Labute approximate surface area is 120 Å². The van der Waals surface area contributed by atoms with Gasteiger partial charge in [0.25, 0.3) is 0 Å². The van der Waals surface area contributed by atoms with Crippen molar-refractivity contribution < 1.29 is 0 Å². The number of hydrogen-bond donors (Lipinski definition) is 1. The maximum absolute atomic E-state index is 4.49. The predicted octanol–water partition coefficient (Wildman–Crippen LogP) is 2.98. The molecule has 0 spiro atoms. The van der Waals surface area contributed by atoms with Crippen molar-refractivity contribution in [1.29, 1.82) is 0 Å².